The van der Waals surface area contributed by atoms with E-state index in [0.29, 0.717) is 23.3 Å². The Morgan fingerprint density at radius 2 is 1.93 bits per heavy atom. The third kappa shape index (κ3) is 3.37. The second kappa shape index (κ2) is 7.17. The summed E-state index contributed by atoms with van der Waals surface area (Å²) in [5.41, 5.74) is 5.17. The van der Waals surface area contributed by atoms with Crippen LogP contribution in [0.25, 0.3) is 10.9 Å². The lowest BCUT2D eigenvalue weighted by atomic mass is 9.84. The summed E-state index contributed by atoms with van der Waals surface area (Å²) in [4.78, 5) is 6.18. The normalized spacial score (nSPS) is 23.0. The molecular formula is C24H28N2O2. The van der Waals surface area contributed by atoms with Gasteiger partial charge in [-0.3, -0.25) is 0 Å². The van der Waals surface area contributed by atoms with Crippen LogP contribution >= 0.6 is 0 Å². The number of aromatic nitrogens is 1. The number of piperidine rings is 1. The number of phenols is 2. The summed E-state index contributed by atoms with van der Waals surface area (Å²) in [6.07, 6.45) is 5.83. The quantitative estimate of drug-likeness (QED) is 0.628. The van der Waals surface area contributed by atoms with Crippen LogP contribution in [0.4, 0.5) is 0 Å². The van der Waals surface area contributed by atoms with Crippen molar-refractivity contribution in [2.75, 3.05) is 19.6 Å². The van der Waals surface area contributed by atoms with E-state index in [1.165, 1.54) is 48.0 Å². The average molecular weight is 377 g/mol. The predicted molar refractivity (Wildman–Crippen MR) is 112 cm³/mol. The summed E-state index contributed by atoms with van der Waals surface area (Å²) in [6.45, 7) is 3.40. The van der Waals surface area contributed by atoms with E-state index in [1.54, 1.807) is 12.1 Å². The van der Waals surface area contributed by atoms with Crippen molar-refractivity contribution in [1.82, 2.24) is 9.88 Å². The highest BCUT2D eigenvalue weighted by Crippen LogP contribution is 2.35. The largest absolute Gasteiger partial charge is 0.508 e. The van der Waals surface area contributed by atoms with Gasteiger partial charge in [-0.1, -0.05) is 12.1 Å². The third-order valence-corrected chi connectivity index (χ3v) is 6.64. The van der Waals surface area contributed by atoms with Crippen molar-refractivity contribution >= 4 is 10.9 Å². The summed E-state index contributed by atoms with van der Waals surface area (Å²) in [6, 6.07) is 13.4. The van der Waals surface area contributed by atoms with Crippen molar-refractivity contribution in [2.45, 2.75) is 38.0 Å². The molecule has 0 amide bonds. The number of aryl methyl sites for hydroxylation is 1. The molecule has 1 aliphatic carbocycles. The highest BCUT2D eigenvalue weighted by molar-refractivity contribution is 5.86. The zero-order valence-corrected chi connectivity index (χ0v) is 16.2. The number of hydrogen-bond acceptors (Lipinski definition) is 3. The van der Waals surface area contributed by atoms with Gasteiger partial charge in [0.05, 0.1) is 0 Å². The van der Waals surface area contributed by atoms with Crippen molar-refractivity contribution in [3.63, 3.8) is 0 Å². The standard InChI is InChI=1S/C24H28N2O2/c27-19-5-1-3-17(12-19)18-4-2-10-26(15-18)14-16-6-8-23-21(11-16)22-13-20(28)7-9-24(22)25-23/h1,3,5,7,9,12-13,16,18,25,27-28H,2,4,6,8,10-11,14-15H2. The van der Waals surface area contributed by atoms with Crippen LogP contribution in [-0.4, -0.2) is 39.7 Å². The molecule has 146 valence electrons. The molecule has 1 aromatic heterocycles. The second-order valence-electron chi connectivity index (χ2n) is 8.61. The number of likely N-dealkylation sites (tertiary alicyclic amines) is 1. The molecule has 1 aliphatic heterocycles. The second-order valence-corrected chi connectivity index (χ2v) is 8.61. The van der Waals surface area contributed by atoms with Crippen molar-refractivity contribution < 1.29 is 10.2 Å². The number of aromatic hydroxyl groups is 2. The van der Waals surface area contributed by atoms with Gasteiger partial charge >= 0.3 is 0 Å². The van der Waals surface area contributed by atoms with Gasteiger partial charge in [0.2, 0.25) is 0 Å². The summed E-state index contributed by atoms with van der Waals surface area (Å²) in [5, 5.41) is 20.9. The molecule has 2 atom stereocenters. The fourth-order valence-electron chi connectivity index (χ4n) is 5.27. The van der Waals surface area contributed by atoms with Gasteiger partial charge in [-0.2, -0.15) is 0 Å². The predicted octanol–water partition coefficient (Wildman–Crippen LogP) is 4.56. The Morgan fingerprint density at radius 1 is 1.04 bits per heavy atom. The van der Waals surface area contributed by atoms with Gasteiger partial charge in [-0.15, -0.1) is 0 Å². The molecule has 0 bridgehead atoms. The van der Waals surface area contributed by atoms with Crippen molar-refractivity contribution in [3.8, 4) is 11.5 Å². The number of nitrogens with one attached hydrogen (secondary N) is 1. The highest BCUT2D eigenvalue weighted by atomic mass is 16.3. The Bertz CT molecular complexity index is 993. The third-order valence-electron chi connectivity index (χ3n) is 6.64. The van der Waals surface area contributed by atoms with Gasteiger partial charge in [0, 0.05) is 29.7 Å². The maximum Gasteiger partial charge on any atom is 0.116 e. The van der Waals surface area contributed by atoms with Crippen LogP contribution in [0.1, 0.15) is 42.0 Å². The topological polar surface area (TPSA) is 59.5 Å². The van der Waals surface area contributed by atoms with Gasteiger partial charge < -0.3 is 20.1 Å². The Kier molecular flexibility index (Phi) is 4.52. The van der Waals surface area contributed by atoms with Crippen LogP contribution < -0.4 is 0 Å². The average Bonchev–Trinajstić information content (AvgIpc) is 3.05. The Balaban J connectivity index is 1.29. The van der Waals surface area contributed by atoms with Gasteiger partial charge in [0.15, 0.2) is 0 Å². The van der Waals surface area contributed by atoms with Gasteiger partial charge in [-0.25, -0.2) is 0 Å². The summed E-state index contributed by atoms with van der Waals surface area (Å²) in [7, 11) is 0. The minimum absolute atomic E-state index is 0.349. The molecule has 0 spiro atoms. The number of rotatable bonds is 3. The van der Waals surface area contributed by atoms with E-state index in [-0.39, 0.29) is 0 Å². The monoisotopic (exact) mass is 376 g/mol. The Hall–Kier alpha value is -2.46. The van der Waals surface area contributed by atoms with Gasteiger partial charge in [0.1, 0.15) is 11.5 Å². The lowest BCUT2D eigenvalue weighted by molar-refractivity contribution is 0.172. The molecule has 3 N–H and O–H groups in total. The van der Waals surface area contributed by atoms with Crippen LogP contribution in [0.5, 0.6) is 11.5 Å². The van der Waals surface area contributed by atoms with E-state index in [0.717, 1.165) is 31.4 Å². The van der Waals surface area contributed by atoms with Crippen LogP contribution in [0.3, 0.4) is 0 Å². The van der Waals surface area contributed by atoms with Crippen LogP contribution in [0.2, 0.25) is 0 Å². The van der Waals surface area contributed by atoms with E-state index in [2.05, 4.69) is 16.0 Å². The van der Waals surface area contributed by atoms with Crippen LogP contribution in [0, 0.1) is 5.92 Å². The molecule has 4 heteroatoms. The number of phenolic OH excluding ortho intramolecular Hbond substituents is 2. The van der Waals surface area contributed by atoms with Crippen molar-refractivity contribution in [2.24, 2.45) is 5.92 Å². The van der Waals surface area contributed by atoms with Crippen LogP contribution in [0.15, 0.2) is 42.5 Å². The van der Waals surface area contributed by atoms with E-state index in [4.69, 9.17) is 0 Å². The van der Waals surface area contributed by atoms with E-state index in [9.17, 15) is 10.2 Å². The molecule has 2 heterocycles. The minimum Gasteiger partial charge on any atom is -0.508 e. The fourth-order valence-corrected chi connectivity index (χ4v) is 5.27. The maximum absolute atomic E-state index is 9.89. The molecule has 5 rings (SSSR count). The number of hydrogen-bond donors (Lipinski definition) is 3. The maximum atomic E-state index is 9.89. The number of nitrogens with zero attached hydrogens (tertiary/aromatic N) is 1. The molecule has 2 unspecified atom stereocenters. The molecule has 4 nitrogen and oxygen atoms in total. The number of fused-ring (bicyclic) bond motifs is 3. The SMILES string of the molecule is Oc1cccc(C2CCCN(CC3CCc4[nH]c5ccc(O)cc5c4C3)C2)c1. The Labute approximate surface area is 165 Å². The molecular weight excluding hydrogens is 348 g/mol. The van der Waals surface area contributed by atoms with Crippen molar-refractivity contribution in [3.05, 3.63) is 59.3 Å². The highest BCUT2D eigenvalue weighted by Gasteiger charge is 2.27. The van der Waals surface area contributed by atoms with Gasteiger partial charge in [-0.05, 0) is 91.9 Å². The first-order valence-corrected chi connectivity index (χ1v) is 10.5. The molecule has 0 radical (unpaired) electrons. The summed E-state index contributed by atoms with van der Waals surface area (Å²) in [5.74, 6) is 1.90. The first-order valence-electron chi connectivity index (χ1n) is 10.5. The zero-order chi connectivity index (χ0) is 19.1. The summed E-state index contributed by atoms with van der Waals surface area (Å²) >= 11 is 0. The first-order chi connectivity index (χ1) is 13.7. The van der Waals surface area contributed by atoms with E-state index >= 15 is 0 Å². The number of benzene rings is 2. The smallest absolute Gasteiger partial charge is 0.116 e. The number of H-pyrrole nitrogens is 1. The lowest BCUT2D eigenvalue weighted by Crippen LogP contribution is -2.39. The molecule has 3 aromatic rings. The zero-order valence-electron chi connectivity index (χ0n) is 16.2. The Morgan fingerprint density at radius 3 is 2.82 bits per heavy atom. The van der Waals surface area contributed by atoms with E-state index in [1.807, 2.05) is 24.3 Å². The summed E-state index contributed by atoms with van der Waals surface area (Å²) < 4.78 is 0. The van der Waals surface area contributed by atoms with Crippen molar-refractivity contribution in [1.29, 1.82) is 0 Å². The molecule has 2 aromatic carbocycles. The van der Waals surface area contributed by atoms with Gasteiger partial charge in [0.25, 0.3) is 0 Å². The molecule has 0 saturated carbocycles. The minimum atomic E-state index is 0.349. The fraction of sp³-hybridized carbons (Fsp3) is 0.417. The molecule has 1 fully saturated rings. The molecule has 2 aliphatic rings. The molecule has 1 saturated heterocycles. The van der Waals surface area contributed by atoms with Crippen LogP contribution in [-0.2, 0) is 12.8 Å². The van der Waals surface area contributed by atoms with E-state index < -0.39 is 0 Å². The first kappa shape index (κ1) is 17.6. The lowest BCUT2D eigenvalue weighted by Gasteiger charge is -2.36. The number of aromatic amines is 1. The molecule has 28 heavy (non-hydrogen) atoms.